The lowest BCUT2D eigenvalue weighted by Gasteiger charge is -2.36. The van der Waals surface area contributed by atoms with E-state index in [1.54, 1.807) is 18.2 Å². The second kappa shape index (κ2) is 10.2. The molecule has 2 amide bonds. The smallest absolute Gasteiger partial charge is 0.319 e. The number of aryl methyl sites for hydroxylation is 1. The molecule has 0 aliphatic carbocycles. The number of hydrogen-bond donors (Lipinski definition) is 3. The van der Waals surface area contributed by atoms with Crippen LogP contribution in [-0.4, -0.2) is 76.8 Å². The number of aliphatic hydroxyl groups excluding tert-OH is 1. The van der Waals surface area contributed by atoms with Crippen LogP contribution in [0.5, 0.6) is 11.5 Å². The second-order valence-electron chi connectivity index (χ2n) is 8.33. The van der Waals surface area contributed by atoms with Crippen LogP contribution in [0, 0.1) is 0 Å². The molecule has 1 saturated heterocycles. The summed E-state index contributed by atoms with van der Waals surface area (Å²) in [5.41, 5.74) is 1.52. The van der Waals surface area contributed by atoms with Gasteiger partial charge in [0.2, 0.25) is 6.79 Å². The number of nitrogens with zero attached hydrogens (tertiary/aromatic N) is 4. The summed E-state index contributed by atoms with van der Waals surface area (Å²) in [6, 6.07) is 4.58. The van der Waals surface area contributed by atoms with Gasteiger partial charge in [0.15, 0.2) is 11.5 Å². The number of aliphatic hydroxyl groups is 1. The van der Waals surface area contributed by atoms with E-state index in [2.05, 4.69) is 20.9 Å². The lowest BCUT2D eigenvalue weighted by molar-refractivity contribution is -0.0905. The Hall–Kier alpha value is -2.89. The average molecular weight is 447 g/mol. The molecule has 0 unspecified atom stereocenters. The highest BCUT2D eigenvalue weighted by molar-refractivity contribution is 5.90. The van der Waals surface area contributed by atoms with Crippen molar-refractivity contribution in [3.63, 3.8) is 0 Å². The minimum Gasteiger partial charge on any atom is -0.454 e. The standard InChI is InChI=1S/C21H30N6O5/c1-26(2)10-15-11-27(25-24-15)8-7-16-4-5-17(20(12-28)32-16)23-21(29)22-14-3-6-18-19(9-14)31-13-30-18/h3,6,9,11,16-17,20,28H,4-5,7-8,10,12-13H2,1-2H3,(H2,22,23,29)/t16-,17+,20+/m1/s1. The predicted octanol–water partition coefficient (Wildman–Crippen LogP) is 1.19. The summed E-state index contributed by atoms with van der Waals surface area (Å²) in [4.78, 5) is 14.5. The molecule has 1 fully saturated rings. The Morgan fingerprint density at radius 3 is 2.94 bits per heavy atom. The summed E-state index contributed by atoms with van der Waals surface area (Å²) in [7, 11) is 3.98. The number of benzene rings is 1. The van der Waals surface area contributed by atoms with E-state index in [9.17, 15) is 9.90 Å². The highest BCUT2D eigenvalue weighted by Crippen LogP contribution is 2.34. The van der Waals surface area contributed by atoms with E-state index in [1.807, 2.05) is 29.9 Å². The first-order chi connectivity index (χ1) is 15.5. The summed E-state index contributed by atoms with van der Waals surface area (Å²) >= 11 is 0. The van der Waals surface area contributed by atoms with E-state index >= 15 is 0 Å². The van der Waals surface area contributed by atoms with Crippen LogP contribution in [0.3, 0.4) is 0 Å². The van der Waals surface area contributed by atoms with Gasteiger partial charge in [-0.05, 0) is 45.5 Å². The van der Waals surface area contributed by atoms with Gasteiger partial charge in [-0.25, -0.2) is 4.79 Å². The van der Waals surface area contributed by atoms with Gasteiger partial charge in [-0.15, -0.1) is 5.10 Å². The van der Waals surface area contributed by atoms with Crippen LogP contribution < -0.4 is 20.1 Å². The number of urea groups is 1. The summed E-state index contributed by atoms with van der Waals surface area (Å²) in [5, 5.41) is 23.8. The van der Waals surface area contributed by atoms with E-state index in [0.29, 0.717) is 30.2 Å². The molecule has 2 aromatic rings. The first-order valence-electron chi connectivity index (χ1n) is 10.8. The fourth-order valence-corrected chi connectivity index (χ4v) is 3.94. The molecule has 11 heteroatoms. The highest BCUT2D eigenvalue weighted by Gasteiger charge is 2.32. The van der Waals surface area contributed by atoms with Crippen LogP contribution in [0.1, 0.15) is 25.0 Å². The number of ether oxygens (including phenoxy) is 3. The zero-order valence-electron chi connectivity index (χ0n) is 18.4. The Kier molecular flexibility index (Phi) is 7.08. The van der Waals surface area contributed by atoms with Crippen molar-refractivity contribution in [1.82, 2.24) is 25.2 Å². The molecule has 3 atom stereocenters. The minimum absolute atomic E-state index is 0.0105. The van der Waals surface area contributed by atoms with E-state index in [-0.39, 0.29) is 31.6 Å². The molecule has 4 rings (SSSR count). The second-order valence-corrected chi connectivity index (χ2v) is 8.33. The third-order valence-electron chi connectivity index (χ3n) is 5.49. The highest BCUT2D eigenvalue weighted by atomic mass is 16.7. The third-order valence-corrected chi connectivity index (χ3v) is 5.49. The van der Waals surface area contributed by atoms with Gasteiger partial charge < -0.3 is 34.9 Å². The molecule has 2 aliphatic heterocycles. The SMILES string of the molecule is CN(C)Cc1cn(CC[C@H]2CC[C@H](NC(=O)Nc3ccc4c(c3)OCO4)[C@H](CO)O2)nn1. The van der Waals surface area contributed by atoms with Crippen molar-refractivity contribution in [3.05, 3.63) is 30.1 Å². The average Bonchev–Trinajstić information content (AvgIpc) is 3.41. The molecule has 0 bridgehead atoms. The first kappa shape index (κ1) is 22.3. The van der Waals surface area contributed by atoms with Crippen LogP contribution in [0.15, 0.2) is 24.4 Å². The number of anilines is 1. The molecule has 1 aromatic carbocycles. The molecule has 0 radical (unpaired) electrons. The van der Waals surface area contributed by atoms with Crippen molar-refractivity contribution in [2.75, 3.05) is 32.8 Å². The van der Waals surface area contributed by atoms with Gasteiger partial charge in [-0.3, -0.25) is 4.68 Å². The number of amides is 2. The fraction of sp³-hybridized carbons (Fsp3) is 0.571. The molecule has 0 saturated carbocycles. The number of aromatic nitrogens is 3. The van der Waals surface area contributed by atoms with Gasteiger partial charge in [0.25, 0.3) is 0 Å². The van der Waals surface area contributed by atoms with Crippen LogP contribution in [-0.2, 0) is 17.8 Å². The summed E-state index contributed by atoms with van der Waals surface area (Å²) in [6.07, 6.45) is 3.73. The van der Waals surface area contributed by atoms with Gasteiger partial charge in [-0.2, -0.15) is 0 Å². The van der Waals surface area contributed by atoms with Crippen molar-refractivity contribution in [2.24, 2.45) is 0 Å². The summed E-state index contributed by atoms with van der Waals surface area (Å²) in [5.74, 6) is 1.25. The number of carbonyl (C=O) groups excluding carboxylic acids is 1. The van der Waals surface area contributed by atoms with Crippen molar-refractivity contribution in [3.8, 4) is 11.5 Å². The Morgan fingerprint density at radius 2 is 2.12 bits per heavy atom. The number of hydrogen-bond acceptors (Lipinski definition) is 8. The topological polar surface area (TPSA) is 123 Å². The zero-order valence-corrected chi connectivity index (χ0v) is 18.4. The van der Waals surface area contributed by atoms with Gasteiger partial charge in [0.1, 0.15) is 6.10 Å². The monoisotopic (exact) mass is 446 g/mol. The van der Waals surface area contributed by atoms with Crippen LogP contribution in [0.25, 0.3) is 0 Å². The molecule has 0 spiro atoms. The third kappa shape index (κ3) is 5.67. The summed E-state index contributed by atoms with van der Waals surface area (Å²) in [6.45, 7) is 1.44. The molecule has 174 valence electrons. The Labute approximate surface area is 186 Å². The zero-order chi connectivity index (χ0) is 22.5. The number of carbonyl (C=O) groups is 1. The quantitative estimate of drug-likeness (QED) is 0.553. The lowest BCUT2D eigenvalue weighted by atomic mass is 9.97. The largest absolute Gasteiger partial charge is 0.454 e. The molecule has 3 N–H and O–H groups in total. The van der Waals surface area contributed by atoms with Crippen LogP contribution >= 0.6 is 0 Å². The predicted molar refractivity (Wildman–Crippen MR) is 116 cm³/mol. The minimum atomic E-state index is -0.462. The van der Waals surface area contributed by atoms with Gasteiger partial charge in [-0.1, -0.05) is 5.21 Å². The van der Waals surface area contributed by atoms with Crippen LogP contribution in [0.4, 0.5) is 10.5 Å². The molecule has 32 heavy (non-hydrogen) atoms. The number of rotatable bonds is 8. The van der Waals surface area contributed by atoms with Crippen molar-refractivity contribution >= 4 is 11.7 Å². The lowest BCUT2D eigenvalue weighted by Crippen LogP contribution is -2.52. The molecular weight excluding hydrogens is 416 g/mol. The molecule has 2 aliphatic rings. The molecule has 1 aromatic heterocycles. The normalized spacial score (nSPS) is 22.2. The van der Waals surface area contributed by atoms with Crippen molar-refractivity contribution in [1.29, 1.82) is 0 Å². The Balaban J connectivity index is 1.24. The Morgan fingerprint density at radius 1 is 1.28 bits per heavy atom. The van der Waals surface area contributed by atoms with Gasteiger partial charge >= 0.3 is 6.03 Å². The maximum Gasteiger partial charge on any atom is 0.319 e. The van der Waals surface area contributed by atoms with E-state index < -0.39 is 6.10 Å². The molecular formula is C21H30N6O5. The summed E-state index contributed by atoms with van der Waals surface area (Å²) < 4.78 is 18.5. The molecule has 11 nitrogen and oxygen atoms in total. The maximum atomic E-state index is 12.5. The van der Waals surface area contributed by atoms with Crippen molar-refractivity contribution in [2.45, 2.75) is 50.6 Å². The fourth-order valence-electron chi connectivity index (χ4n) is 3.94. The first-order valence-corrected chi connectivity index (χ1v) is 10.8. The van der Waals surface area contributed by atoms with E-state index in [4.69, 9.17) is 14.2 Å². The van der Waals surface area contributed by atoms with Crippen molar-refractivity contribution < 1.29 is 24.1 Å². The maximum absolute atomic E-state index is 12.5. The number of nitrogens with one attached hydrogen (secondary N) is 2. The number of fused-ring (bicyclic) bond motifs is 1. The van der Waals surface area contributed by atoms with Gasteiger partial charge in [0, 0.05) is 31.0 Å². The Bertz CT molecular complexity index is 920. The van der Waals surface area contributed by atoms with Gasteiger partial charge in [0.05, 0.1) is 24.4 Å². The van der Waals surface area contributed by atoms with Crippen LogP contribution in [0.2, 0.25) is 0 Å². The van der Waals surface area contributed by atoms with E-state index in [1.165, 1.54) is 0 Å². The van der Waals surface area contributed by atoms with E-state index in [0.717, 1.165) is 25.1 Å². The molecule has 3 heterocycles.